The molecule has 0 aliphatic carbocycles. The summed E-state index contributed by atoms with van der Waals surface area (Å²) in [6.07, 6.45) is 4.13. The minimum Gasteiger partial charge on any atom is -0.469 e. The Morgan fingerprint density at radius 1 is 1.00 bits per heavy atom. The van der Waals surface area contributed by atoms with Gasteiger partial charge in [0.15, 0.2) is 0 Å². The van der Waals surface area contributed by atoms with Crippen LogP contribution in [0.4, 0.5) is 0 Å². The molecular weight excluding hydrogens is 264 g/mol. The van der Waals surface area contributed by atoms with Gasteiger partial charge < -0.3 is 4.42 Å². The first-order valence-corrected chi connectivity index (χ1v) is 8.13. The summed E-state index contributed by atoms with van der Waals surface area (Å²) in [7, 11) is 0. The molecule has 0 saturated heterocycles. The van der Waals surface area contributed by atoms with E-state index in [1.165, 1.54) is 28.5 Å². The van der Waals surface area contributed by atoms with E-state index < -0.39 is 0 Å². The molecule has 0 aliphatic heterocycles. The van der Waals surface area contributed by atoms with Crippen LogP contribution in [0.3, 0.4) is 0 Å². The molecule has 0 saturated carbocycles. The predicted molar refractivity (Wildman–Crippen MR) is 86.6 cm³/mol. The monoisotopic (exact) mass is 284 g/mol. The Balaban J connectivity index is 1.69. The Kier molecular flexibility index (Phi) is 3.93. The van der Waals surface area contributed by atoms with Crippen LogP contribution < -0.4 is 0 Å². The fraction of sp³-hybridized carbons (Fsp3) is 0.333. The SMILES string of the molecule is CC(CCC(C)c1csc2ccccc12)c1ccco1. The van der Waals surface area contributed by atoms with Gasteiger partial charge in [-0.1, -0.05) is 32.0 Å². The van der Waals surface area contributed by atoms with E-state index in [4.69, 9.17) is 4.42 Å². The molecule has 1 aromatic carbocycles. The van der Waals surface area contributed by atoms with Crippen molar-refractivity contribution in [3.8, 4) is 0 Å². The molecule has 0 bridgehead atoms. The van der Waals surface area contributed by atoms with E-state index in [1.54, 1.807) is 6.26 Å². The summed E-state index contributed by atoms with van der Waals surface area (Å²) in [5.41, 5.74) is 1.50. The lowest BCUT2D eigenvalue weighted by molar-refractivity contribution is 0.447. The van der Waals surface area contributed by atoms with E-state index in [2.05, 4.69) is 49.6 Å². The lowest BCUT2D eigenvalue weighted by Crippen LogP contribution is -1.97. The number of benzene rings is 1. The highest BCUT2D eigenvalue weighted by Gasteiger charge is 2.14. The fourth-order valence-corrected chi connectivity index (χ4v) is 3.83. The van der Waals surface area contributed by atoms with Crippen LogP contribution in [0.25, 0.3) is 10.1 Å². The van der Waals surface area contributed by atoms with Crippen molar-refractivity contribution >= 4 is 21.4 Å². The Bertz CT molecular complexity index is 666. The summed E-state index contributed by atoms with van der Waals surface area (Å²) in [5, 5.41) is 3.75. The van der Waals surface area contributed by atoms with Crippen LogP contribution in [0.15, 0.2) is 52.5 Å². The third-order valence-electron chi connectivity index (χ3n) is 4.10. The Morgan fingerprint density at radius 2 is 1.80 bits per heavy atom. The summed E-state index contributed by atoms with van der Waals surface area (Å²) in [6.45, 7) is 4.58. The van der Waals surface area contributed by atoms with Gasteiger partial charge in [-0.3, -0.25) is 0 Å². The second-order valence-corrected chi connectivity index (χ2v) is 6.49. The smallest absolute Gasteiger partial charge is 0.106 e. The molecule has 1 nitrogen and oxygen atoms in total. The lowest BCUT2D eigenvalue weighted by atomic mass is 9.91. The molecule has 20 heavy (non-hydrogen) atoms. The van der Waals surface area contributed by atoms with Gasteiger partial charge in [0.2, 0.25) is 0 Å². The zero-order valence-electron chi connectivity index (χ0n) is 12.0. The van der Waals surface area contributed by atoms with E-state index in [0.29, 0.717) is 11.8 Å². The van der Waals surface area contributed by atoms with E-state index in [1.807, 2.05) is 17.4 Å². The maximum atomic E-state index is 5.49. The van der Waals surface area contributed by atoms with Gasteiger partial charge in [0.25, 0.3) is 0 Å². The number of fused-ring (bicyclic) bond motifs is 1. The second kappa shape index (κ2) is 5.84. The topological polar surface area (TPSA) is 13.1 Å². The molecule has 2 unspecified atom stereocenters. The van der Waals surface area contributed by atoms with Crippen LogP contribution in [-0.2, 0) is 0 Å². The average Bonchev–Trinajstić information content (AvgIpc) is 3.13. The maximum absolute atomic E-state index is 5.49. The molecule has 0 N–H and O–H groups in total. The summed E-state index contributed by atoms with van der Waals surface area (Å²) in [5.74, 6) is 2.20. The Hall–Kier alpha value is -1.54. The molecule has 2 atom stereocenters. The summed E-state index contributed by atoms with van der Waals surface area (Å²) in [6, 6.07) is 12.8. The van der Waals surface area contributed by atoms with Crippen molar-refractivity contribution in [1.29, 1.82) is 0 Å². The first-order valence-electron chi connectivity index (χ1n) is 7.25. The Labute approximate surface area is 124 Å². The minimum atomic E-state index is 0.498. The van der Waals surface area contributed by atoms with Crippen molar-refractivity contribution in [2.24, 2.45) is 0 Å². The number of hydrogen-bond donors (Lipinski definition) is 0. The van der Waals surface area contributed by atoms with Crippen molar-refractivity contribution in [1.82, 2.24) is 0 Å². The van der Waals surface area contributed by atoms with Gasteiger partial charge in [0.05, 0.1) is 6.26 Å². The van der Waals surface area contributed by atoms with E-state index in [-0.39, 0.29) is 0 Å². The lowest BCUT2D eigenvalue weighted by Gasteiger charge is -2.14. The highest BCUT2D eigenvalue weighted by atomic mass is 32.1. The zero-order valence-corrected chi connectivity index (χ0v) is 12.8. The molecule has 2 heterocycles. The minimum absolute atomic E-state index is 0.498. The van der Waals surface area contributed by atoms with Crippen molar-refractivity contribution in [3.63, 3.8) is 0 Å². The average molecular weight is 284 g/mol. The van der Waals surface area contributed by atoms with Crippen molar-refractivity contribution in [2.45, 2.75) is 38.5 Å². The summed E-state index contributed by atoms with van der Waals surface area (Å²) < 4.78 is 6.89. The summed E-state index contributed by atoms with van der Waals surface area (Å²) >= 11 is 1.86. The number of furan rings is 1. The standard InChI is InChI=1S/C18H20OS/c1-13(9-10-14(2)17-7-5-11-19-17)16-12-20-18-8-4-3-6-15(16)18/h3-8,11-14H,9-10H2,1-2H3. The van der Waals surface area contributed by atoms with E-state index >= 15 is 0 Å². The Morgan fingerprint density at radius 3 is 2.60 bits per heavy atom. The quantitative estimate of drug-likeness (QED) is 0.545. The first-order chi connectivity index (χ1) is 9.75. The van der Waals surface area contributed by atoms with Crippen molar-refractivity contribution < 1.29 is 4.42 Å². The molecule has 0 aliphatic rings. The highest BCUT2D eigenvalue weighted by molar-refractivity contribution is 7.17. The van der Waals surface area contributed by atoms with Gasteiger partial charge in [-0.05, 0) is 53.3 Å². The predicted octanol–water partition coefficient (Wildman–Crippen LogP) is 6.18. The van der Waals surface area contributed by atoms with Gasteiger partial charge in [-0.2, -0.15) is 0 Å². The molecule has 0 radical (unpaired) electrons. The molecule has 104 valence electrons. The van der Waals surface area contributed by atoms with Crippen LogP contribution in [0.1, 0.15) is 49.8 Å². The van der Waals surface area contributed by atoms with Gasteiger partial charge in [0.1, 0.15) is 5.76 Å². The summed E-state index contributed by atoms with van der Waals surface area (Å²) in [4.78, 5) is 0. The van der Waals surface area contributed by atoms with Crippen molar-refractivity contribution in [2.75, 3.05) is 0 Å². The highest BCUT2D eigenvalue weighted by Crippen LogP contribution is 2.35. The number of rotatable bonds is 5. The fourth-order valence-electron chi connectivity index (χ4n) is 2.75. The molecule has 3 rings (SSSR count). The van der Waals surface area contributed by atoms with Gasteiger partial charge >= 0.3 is 0 Å². The normalized spacial score (nSPS) is 14.5. The largest absolute Gasteiger partial charge is 0.469 e. The van der Waals surface area contributed by atoms with E-state index in [0.717, 1.165) is 5.76 Å². The van der Waals surface area contributed by atoms with Crippen molar-refractivity contribution in [3.05, 3.63) is 59.4 Å². The molecule has 0 amide bonds. The van der Waals surface area contributed by atoms with Gasteiger partial charge in [-0.15, -0.1) is 11.3 Å². The van der Waals surface area contributed by atoms with E-state index in [9.17, 15) is 0 Å². The molecule has 2 aromatic heterocycles. The number of thiophene rings is 1. The second-order valence-electron chi connectivity index (χ2n) is 5.58. The maximum Gasteiger partial charge on any atom is 0.106 e. The van der Waals surface area contributed by atoms with Crippen LogP contribution in [0.5, 0.6) is 0 Å². The van der Waals surface area contributed by atoms with Crippen LogP contribution in [0.2, 0.25) is 0 Å². The van der Waals surface area contributed by atoms with Crippen LogP contribution in [-0.4, -0.2) is 0 Å². The molecular formula is C18H20OS. The molecule has 2 heteroatoms. The zero-order chi connectivity index (χ0) is 13.9. The first kappa shape index (κ1) is 13.4. The van der Waals surface area contributed by atoms with Gasteiger partial charge in [-0.25, -0.2) is 0 Å². The number of hydrogen-bond acceptors (Lipinski definition) is 2. The third-order valence-corrected chi connectivity index (χ3v) is 5.09. The molecule has 0 spiro atoms. The van der Waals surface area contributed by atoms with Gasteiger partial charge in [0, 0.05) is 10.6 Å². The third kappa shape index (κ3) is 2.66. The molecule has 3 aromatic rings. The van der Waals surface area contributed by atoms with Crippen LogP contribution >= 0.6 is 11.3 Å². The molecule has 0 fully saturated rings. The van der Waals surface area contributed by atoms with Crippen LogP contribution in [0, 0.1) is 0 Å².